The van der Waals surface area contributed by atoms with Crippen molar-refractivity contribution in [2.24, 2.45) is 0 Å². The molecule has 0 atom stereocenters. The van der Waals surface area contributed by atoms with Crippen molar-refractivity contribution >= 4 is 68.7 Å². The van der Waals surface area contributed by atoms with Crippen LogP contribution >= 0.6 is 39.1 Å². The number of nitrogens with zero attached hydrogens (tertiary/aromatic N) is 2. The second-order valence-electron chi connectivity index (χ2n) is 7.17. The lowest BCUT2D eigenvalue weighted by atomic mass is 10.1. The smallest absolute Gasteiger partial charge is 0.318 e. The SMILES string of the molecule is Cc1cc(/C=C2\C(=O)NC(=O)N(c3cccc(Cl)c3Cl)C2=O)c(C)n1-c1ccc(Br)cc1. The Morgan fingerprint density at radius 1 is 1.00 bits per heavy atom. The number of imide groups is 2. The first-order chi connectivity index (χ1) is 15.2. The van der Waals surface area contributed by atoms with Gasteiger partial charge in [0.1, 0.15) is 5.57 Å². The van der Waals surface area contributed by atoms with Crippen LogP contribution in [0.2, 0.25) is 10.0 Å². The Bertz CT molecular complexity index is 1310. The molecule has 0 aliphatic carbocycles. The maximum Gasteiger partial charge on any atom is 0.336 e. The second kappa shape index (κ2) is 8.58. The first-order valence-corrected chi connectivity index (χ1v) is 11.0. The van der Waals surface area contributed by atoms with Crippen LogP contribution in [0.1, 0.15) is 17.0 Å². The van der Waals surface area contributed by atoms with Crippen LogP contribution in [0.5, 0.6) is 0 Å². The number of aromatic nitrogens is 1. The van der Waals surface area contributed by atoms with Crippen LogP contribution in [0.4, 0.5) is 10.5 Å². The number of barbiturate groups is 1. The predicted octanol–water partition coefficient (Wildman–Crippen LogP) is 5.83. The lowest BCUT2D eigenvalue weighted by molar-refractivity contribution is -0.122. The van der Waals surface area contributed by atoms with Gasteiger partial charge in [0.25, 0.3) is 11.8 Å². The van der Waals surface area contributed by atoms with Gasteiger partial charge in [0.2, 0.25) is 0 Å². The molecule has 3 aromatic rings. The first-order valence-electron chi connectivity index (χ1n) is 9.49. The molecule has 0 saturated carbocycles. The standard InChI is InChI=1S/C23H16BrCl2N3O3/c1-12-10-14(13(2)28(12)16-8-6-15(24)7-9-16)11-17-21(30)27-23(32)29(22(17)31)19-5-3-4-18(25)20(19)26/h3-11H,1-2H3,(H,27,30,32)/b17-11+. The third-order valence-electron chi connectivity index (χ3n) is 5.13. The van der Waals surface area contributed by atoms with Gasteiger partial charge in [-0.25, -0.2) is 9.69 Å². The van der Waals surface area contributed by atoms with Crippen LogP contribution in [-0.4, -0.2) is 22.4 Å². The monoisotopic (exact) mass is 531 g/mol. The van der Waals surface area contributed by atoms with Gasteiger partial charge < -0.3 is 4.57 Å². The van der Waals surface area contributed by atoms with Crippen molar-refractivity contribution in [2.45, 2.75) is 13.8 Å². The summed E-state index contributed by atoms with van der Waals surface area (Å²) >= 11 is 15.7. The summed E-state index contributed by atoms with van der Waals surface area (Å²) in [6, 6.07) is 13.4. The van der Waals surface area contributed by atoms with Crippen LogP contribution in [0, 0.1) is 13.8 Å². The topological polar surface area (TPSA) is 71.4 Å². The fourth-order valence-corrected chi connectivity index (χ4v) is 4.26. The van der Waals surface area contributed by atoms with E-state index in [1.807, 2.05) is 48.7 Å². The Kier molecular flexibility index (Phi) is 5.99. The van der Waals surface area contributed by atoms with Gasteiger partial charge in [-0.1, -0.05) is 45.2 Å². The van der Waals surface area contributed by atoms with E-state index in [-0.39, 0.29) is 21.3 Å². The first kappa shape index (κ1) is 22.3. The Hall–Kier alpha value is -2.87. The number of hydrogen-bond donors (Lipinski definition) is 1. The quantitative estimate of drug-likeness (QED) is 0.341. The summed E-state index contributed by atoms with van der Waals surface area (Å²) in [4.78, 5) is 39.0. The van der Waals surface area contributed by atoms with Gasteiger partial charge in [0, 0.05) is 21.5 Å². The molecule has 0 radical (unpaired) electrons. The molecule has 32 heavy (non-hydrogen) atoms. The number of carbonyl (C=O) groups is 3. The zero-order chi connectivity index (χ0) is 23.2. The van der Waals surface area contributed by atoms with Crippen LogP contribution in [0.3, 0.4) is 0 Å². The maximum atomic E-state index is 13.2. The van der Waals surface area contributed by atoms with Gasteiger partial charge in [-0.15, -0.1) is 0 Å². The zero-order valence-corrected chi connectivity index (χ0v) is 20.0. The molecule has 2 heterocycles. The minimum Gasteiger partial charge on any atom is -0.318 e. The summed E-state index contributed by atoms with van der Waals surface area (Å²) < 4.78 is 2.97. The van der Waals surface area contributed by atoms with Gasteiger partial charge >= 0.3 is 6.03 Å². The van der Waals surface area contributed by atoms with Crippen molar-refractivity contribution in [3.8, 4) is 5.69 Å². The summed E-state index contributed by atoms with van der Waals surface area (Å²) in [5, 5.41) is 2.43. The molecule has 6 nitrogen and oxygen atoms in total. The lowest BCUT2D eigenvalue weighted by Gasteiger charge is -2.27. The maximum absolute atomic E-state index is 13.2. The molecule has 1 aliphatic heterocycles. The van der Waals surface area contributed by atoms with Crippen molar-refractivity contribution < 1.29 is 14.4 Å². The van der Waals surface area contributed by atoms with Crippen molar-refractivity contribution in [3.05, 3.63) is 85.6 Å². The van der Waals surface area contributed by atoms with Crippen molar-refractivity contribution in [1.82, 2.24) is 9.88 Å². The number of benzene rings is 2. The van der Waals surface area contributed by atoms with Gasteiger partial charge in [-0.3, -0.25) is 14.9 Å². The van der Waals surface area contributed by atoms with Crippen LogP contribution in [0.25, 0.3) is 11.8 Å². The Labute approximate surface area is 202 Å². The Balaban J connectivity index is 1.78. The molecule has 0 bridgehead atoms. The Morgan fingerprint density at radius 2 is 1.69 bits per heavy atom. The summed E-state index contributed by atoms with van der Waals surface area (Å²) in [7, 11) is 0. The van der Waals surface area contributed by atoms with Crippen LogP contribution < -0.4 is 10.2 Å². The molecule has 1 aliphatic rings. The number of aryl methyl sites for hydroxylation is 1. The van der Waals surface area contributed by atoms with Crippen LogP contribution in [-0.2, 0) is 9.59 Å². The number of urea groups is 1. The van der Waals surface area contributed by atoms with E-state index in [2.05, 4.69) is 21.2 Å². The van der Waals surface area contributed by atoms with Crippen LogP contribution in [0.15, 0.2) is 58.6 Å². The number of amides is 4. The minimum atomic E-state index is -0.887. The molecule has 2 aromatic carbocycles. The molecule has 1 N–H and O–H groups in total. The summed E-state index contributed by atoms with van der Waals surface area (Å²) in [6.07, 6.45) is 1.48. The number of rotatable bonds is 3. The fraction of sp³-hybridized carbons (Fsp3) is 0.0870. The number of halogens is 3. The average Bonchev–Trinajstić information content (AvgIpc) is 3.02. The summed E-state index contributed by atoms with van der Waals surface area (Å²) in [5.74, 6) is -1.56. The molecule has 4 rings (SSSR count). The van der Waals surface area contributed by atoms with Crippen molar-refractivity contribution in [1.29, 1.82) is 0 Å². The highest BCUT2D eigenvalue weighted by Gasteiger charge is 2.38. The number of nitrogens with one attached hydrogen (secondary N) is 1. The molecule has 1 saturated heterocycles. The highest BCUT2D eigenvalue weighted by Crippen LogP contribution is 2.34. The molecule has 0 spiro atoms. The molecule has 9 heteroatoms. The molecule has 1 fully saturated rings. The van der Waals surface area contributed by atoms with E-state index in [0.29, 0.717) is 5.56 Å². The second-order valence-corrected chi connectivity index (χ2v) is 8.87. The summed E-state index contributed by atoms with van der Waals surface area (Å²) in [5.41, 5.74) is 3.29. The third kappa shape index (κ3) is 3.88. The molecule has 4 amide bonds. The van der Waals surface area contributed by atoms with E-state index in [1.165, 1.54) is 12.1 Å². The van der Waals surface area contributed by atoms with E-state index in [9.17, 15) is 14.4 Å². The molecule has 0 unspecified atom stereocenters. The molecular formula is C23H16BrCl2N3O3. The highest BCUT2D eigenvalue weighted by molar-refractivity contribution is 9.10. The van der Waals surface area contributed by atoms with Gasteiger partial charge in [-0.05, 0) is 68.0 Å². The number of carbonyl (C=O) groups excluding carboxylic acids is 3. The highest BCUT2D eigenvalue weighted by atomic mass is 79.9. The lowest BCUT2D eigenvalue weighted by Crippen LogP contribution is -2.54. The Morgan fingerprint density at radius 3 is 2.38 bits per heavy atom. The largest absolute Gasteiger partial charge is 0.336 e. The van der Waals surface area contributed by atoms with E-state index in [4.69, 9.17) is 23.2 Å². The summed E-state index contributed by atoms with van der Waals surface area (Å²) in [6.45, 7) is 3.82. The van der Waals surface area contributed by atoms with E-state index < -0.39 is 17.8 Å². The van der Waals surface area contributed by atoms with Crippen molar-refractivity contribution in [3.63, 3.8) is 0 Å². The van der Waals surface area contributed by atoms with Gasteiger partial charge in [-0.2, -0.15) is 0 Å². The number of hydrogen-bond acceptors (Lipinski definition) is 3. The molecular weight excluding hydrogens is 517 g/mol. The number of anilines is 1. The molecule has 162 valence electrons. The zero-order valence-electron chi connectivity index (χ0n) is 16.9. The predicted molar refractivity (Wildman–Crippen MR) is 128 cm³/mol. The van der Waals surface area contributed by atoms with Crippen molar-refractivity contribution in [2.75, 3.05) is 4.90 Å². The molecule has 1 aromatic heterocycles. The normalized spacial score (nSPS) is 15.5. The van der Waals surface area contributed by atoms with Gasteiger partial charge in [0.15, 0.2) is 0 Å². The van der Waals surface area contributed by atoms with E-state index in [0.717, 1.165) is 26.4 Å². The van der Waals surface area contributed by atoms with Gasteiger partial charge in [0.05, 0.1) is 15.7 Å². The third-order valence-corrected chi connectivity index (χ3v) is 6.47. The van der Waals surface area contributed by atoms with E-state index in [1.54, 1.807) is 12.1 Å². The van der Waals surface area contributed by atoms with E-state index >= 15 is 0 Å². The fourth-order valence-electron chi connectivity index (χ4n) is 3.62. The minimum absolute atomic E-state index is 0.0415. The average molecular weight is 533 g/mol.